The zero-order valence-corrected chi connectivity index (χ0v) is 20.2. The molecular weight excluding hydrogens is 488 g/mol. The molecule has 0 atom stereocenters. The van der Waals surface area contributed by atoms with Gasteiger partial charge >= 0.3 is 0 Å². The monoisotopic (exact) mass is 512 g/mol. The number of non-ortho nitro benzene ring substituents is 1. The predicted molar refractivity (Wildman–Crippen MR) is 144 cm³/mol. The van der Waals surface area contributed by atoms with Crippen molar-refractivity contribution < 1.29 is 14.8 Å². The highest BCUT2D eigenvalue weighted by Gasteiger charge is 2.21. The van der Waals surface area contributed by atoms with Gasteiger partial charge in [-0.25, -0.2) is 5.43 Å². The maximum atomic E-state index is 11.1. The average molecular weight is 513 g/mol. The minimum Gasteiger partial charge on any atom is -0.507 e. The van der Waals surface area contributed by atoms with Gasteiger partial charge in [0.05, 0.1) is 24.4 Å². The van der Waals surface area contributed by atoms with Crippen LogP contribution in [0.4, 0.5) is 34.9 Å². The number of phenols is 1. The lowest BCUT2D eigenvalue weighted by Gasteiger charge is -2.28. The summed E-state index contributed by atoms with van der Waals surface area (Å²) in [5.41, 5.74) is 4.51. The van der Waals surface area contributed by atoms with Crippen molar-refractivity contribution in [3.63, 3.8) is 0 Å². The summed E-state index contributed by atoms with van der Waals surface area (Å²) in [5.74, 6) is 0.834. The molecular formula is C26H24N8O4. The van der Waals surface area contributed by atoms with Crippen LogP contribution in [0.15, 0.2) is 84.0 Å². The van der Waals surface area contributed by atoms with Crippen molar-refractivity contribution in [1.29, 1.82) is 0 Å². The number of nitrogens with one attached hydrogen (secondary N) is 1. The molecule has 3 aromatic carbocycles. The van der Waals surface area contributed by atoms with Gasteiger partial charge in [-0.05, 0) is 30.3 Å². The summed E-state index contributed by atoms with van der Waals surface area (Å²) in [7, 11) is 0. The molecule has 0 aliphatic carbocycles. The second-order valence-corrected chi connectivity index (χ2v) is 8.24. The number of ether oxygens (including phenoxy) is 1. The Morgan fingerprint density at radius 2 is 1.63 bits per heavy atom. The van der Waals surface area contributed by atoms with E-state index >= 15 is 0 Å². The highest BCUT2D eigenvalue weighted by Crippen LogP contribution is 2.33. The number of nitro benzene ring substituents is 1. The molecule has 0 saturated carbocycles. The topological polar surface area (TPSA) is 142 Å². The van der Waals surface area contributed by atoms with Gasteiger partial charge in [0.2, 0.25) is 17.8 Å². The minimum atomic E-state index is -0.543. The van der Waals surface area contributed by atoms with E-state index in [1.807, 2.05) is 70.5 Å². The molecule has 1 saturated heterocycles. The van der Waals surface area contributed by atoms with Crippen LogP contribution < -0.4 is 15.2 Å². The van der Waals surface area contributed by atoms with Gasteiger partial charge in [-0.3, -0.25) is 15.0 Å². The third-order valence-corrected chi connectivity index (χ3v) is 5.72. The van der Waals surface area contributed by atoms with E-state index in [2.05, 4.69) is 20.5 Å². The number of anilines is 5. The van der Waals surface area contributed by atoms with Gasteiger partial charge in [0.15, 0.2) is 0 Å². The normalized spacial score (nSPS) is 13.4. The predicted octanol–water partition coefficient (Wildman–Crippen LogP) is 4.24. The standard InChI is InChI=1S/C26H24N8O4/c35-23-12-11-22(34(36)37)17-19(23)18-27-31-24-28-25(32-13-15-38-16-14-32)30-26(29-24)33(20-7-3-1-4-8-20)21-9-5-2-6-10-21/h1-12,17-18,35H,13-16H2,(H,28,29,30,31)/b27-18-. The fourth-order valence-corrected chi connectivity index (χ4v) is 3.86. The summed E-state index contributed by atoms with van der Waals surface area (Å²) in [4.78, 5) is 28.4. The Hall–Kier alpha value is -5.10. The highest BCUT2D eigenvalue weighted by molar-refractivity contribution is 5.85. The second-order valence-electron chi connectivity index (χ2n) is 8.24. The fourth-order valence-electron chi connectivity index (χ4n) is 3.86. The number of hydrogen-bond acceptors (Lipinski definition) is 11. The van der Waals surface area contributed by atoms with Gasteiger partial charge in [-0.2, -0.15) is 20.1 Å². The van der Waals surface area contributed by atoms with E-state index in [4.69, 9.17) is 9.72 Å². The number of benzene rings is 3. The van der Waals surface area contributed by atoms with E-state index in [0.717, 1.165) is 11.4 Å². The number of phenolic OH excluding ortho intramolecular Hbond substituents is 1. The van der Waals surface area contributed by atoms with Crippen molar-refractivity contribution in [2.24, 2.45) is 5.10 Å². The van der Waals surface area contributed by atoms with Crippen molar-refractivity contribution in [3.8, 4) is 5.75 Å². The number of hydrogen-bond donors (Lipinski definition) is 2. The Bertz CT molecular complexity index is 1390. The largest absolute Gasteiger partial charge is 0.507 e. The first-order valence-corrected chi connectivity index (χ1v) is 11.8. The molecule has 0 amide bonds. The summed E-state index contributed by atoms with van der Waals surface area (Å²) >= 11 is 0. The summed E-state index contributed by atoms with van der Waals surface area (Å²) in [6.45, 7) is 2.33. The molecule has 0 unspecified atom stereocenters. The van der Waals surface area contributed by atoms with Gasteiger partial charge in [-0.1, -0.05) is 36.4 Å². The number of hydrazone groups is 1. The van der Waals surface area contributed by atoms with Crippen LogP contribution in [0.5, 0.6) is 5.75 Å². The zero-order valence-electron chi connectivity index (χ0n) is 20.2. The summed E-state index contributed by atoms with van der Waals surface area (Å²) in [6.07, 6.45) is 1.27. The SMILES string of the molecule is O=[N+]([O-])c1ccc(O)c(/C=N\Nc2nc(N3CCOCC3)nc(N(c3ccccc3)c3ccccc3)n2)c1. The van der Waals surface area contributed by atoms with Gasteiger partial charge in [0, 0.05) is 42.2 Å². The average Bonchev–Trinajstić information content (AvgIpc) is 2.96. The number of morpholine rings is 1. The van der Waals surface area contributed by atoms with E-state index in [0.29, 0.717) is 38.2 Å². The number of aromatic nitrogens is 3. The Kier molecular flexibility index (Phi) is 7.32. The van der Waals surface area contributed by atoms with Gasteiger partial charge in [0.25, 0.3) is 5.69 Å². The molecule has 192 valence electrons. The van der Waals surface area contributed by atoms with Crippen LogP contribution in [0.2, 0.25) is 0 Å². The molecule has 38 heavy (non-hydrogen) atoms. The molecule has 4 aromatic rings. The van der Waals surface area contributed by atoms with Crippen molar-refractivity contribution in [2.75, 3.05) is 41.5 Å². The van der Waals surface area contributed by atoms with E-state index in [9.17, 15) is 15.2 Å². The van der Waals surface area contributed by atoms with Crippen molar-refractivity contribution in [1.82, 2.24) is 15.0 Å². The summed E-state index contributed by atoms with van der Waals surface area (Å²) in [5, 5.41) is 25.3. The van der Waals surface area contributed by atoms with Crippen LogP contribution in [0.25, 0.3) is 0 Å². The lowest BCUT2D eigenvalue weighted by Crippen LogP contribution is -2.37. The van der Waals surface area contributed by atoms with E-state index in [-0.39, 0.29) is 22.9 Å². The fraction of sp³-hybridized carbons (Fsp3) is 0.154. The van der Waals surface area contributed by atoms with Crippen molar-refractivity contribution >= 4 is 41.1 Å². The van der Waals surface area contributed by atoms with E-state index in [1.54, 1.807) is 0 Å². The third kappa shape index (κ3) is 5.65. The molecule has 12 nitrogen and oxygen atoms in total. The third-order valence-electron chi connectivity index (χ3n) is 5.72. The highest BCUT2D eigenvalue weighted by atomic mass is 16.6. The maximum absolute atomic E-state index is 11.1. The van der Waals surface area contributed by atoms with Crippen LogP contribution in [-0.2, 0) is 4.74 Å². The van der Waals surface area contributed by atoms with Crippen LogP contribution >= 0.6 is 0 Å². The lowest BCUT2D eigenvalue weighted by atomic mass is 10.2. The van der Waals surface area contributed by atoms with Crippen molar-refractivity contribution in [3.05, 3.63) is 94.5 Å². The van der Waals surface area contributed by atoms with Crippen LogP contribution in [0.1, 0.15) is 5.56 Å². The first-order valence-electron chi connectivity index (χ1n) is 11.8. The molecule has 5 rings (SSSR count). The Morgan fingerprint density at radius 1 is 0.974 bits per heavy atom. The Labute approximate surface area is 218 Å². The van der Waals surface area contributed by atoms with Crippen LogP contribution in [-0.4, -0.2) is 57.5 Å². The lowest BCUT2D eigenvalue weighted by molar-refractivity contribution is -0.384. The Balaban J connectivity index is 1.53. The quantitative estimate of drug-likeness (QED) is 0.200. The van der Waals surface area contributed by atoms with Gasteiger partial charge in [0.1, 0.15) is 5.75 Å². The first kappa shape index (κ1) is 24.6. The van der Waals surface area contributed by atoms with E-state index < -0.39 is 4.92 Å². The number of nitrogens with zero attached hydrogens (tertiary/aromatic N) is 7. The van der Waals surface area contributed by atoms with Crippen molar-refractivity contribution in [2.45, 2.75) is 0 Å². The molecule has 2 heterocycles. The zero-order chi connectivity index (χ0) is 26.3. The molecule has 2 N–H and O–H groups in total. The summed E-state index contributed by atoms with van der Waals surface area (Å²) < 4.78 is 5.49. The number of para-hydroxylation sites is 2. The molecule has 0 bridgehead atoms. The summed E-state index contributed by atoms with van der Waals surface area (Å²) in [6, 6.07) is 23.1. The molecule has 1 aliphatic rings. The molecule has 0 spiro atoms. The molecule has 1 aromatic heterocycles. The molecule has 1 aliphatic heterocycles. The maximum Gasteiger partial charge on any atom is 0.270 e. The first-order chi connectivity index (χ1) is 18.6. The smallest absolute Gasteiger partial charge is 0.270 e. The van der Waals surface area contributed by atoms with Gasteiger partial charge < -0.3 is 14.7 Å². The Morgan fingerprint density at radius 3 is 2.26 bits per heavy atom. The number of nitro groups is 1. The minimum absolute atomic E-state index is 0.147. The second kappa shape index (κ2) is 11.3. The van der Waals surface area contributed by atoms with Gasteiger partial charge in [-0.15, -0.1) is 0 Å². The molecule has 0 radical (unpaired) electrons. The molecule has 12 heteroatoms. The van der Waals surface area contributed by atoms with Crippen LogP contribution in [0.3, 0.4) is 0 Å². The number of aromatic hydroxyl groups is 1. The van der Waals surface area contributed by atoms with Crippen LogP contribution in [0, 0.1) is 10.1 Å². The number of rotatable bonds is 8. The molecule has 1 fully saturated rings. The van der Waals surface area contributed by atoms with E-state index in [1.165, 1.54) is 24.4 Å².